The number of rotatable bonds is 1. The van der Waals surface area contributed by atoms with Crippen molar-refractivity contribution in [1.29, 1.82) is 0 Å². The fourth-order valence-corrected chi connectivity index (χ4v) is 1.09. The summed E-state index contributed by atoms with van der Waals surface area (Å²) in [6.45, 7) is 6.99. The Balaban J connectivity index is 2.43. The van der Waals surface area contributed by atoms with Gasteiger partial charge in [0.25, 0.3) is 0 Å². The summed E-state index contributed by atoms with van der Waals surface area (Å²) in [5.41, 5.74) is -0.216. The molecule has 1 rings (SSSR count). The van der Waals surface area contributed by atoms with E-state index >= 15 is 0 Å². The first-order valence-corrected chi connectivity index (χ1v) is 3.90. The molecular weight excluding hydrogens is 142 g/mol. The van der Waals surface area contributed by atoms with E-state index < -0.39 is 0 Å². The maximum absolute atomic E-state index is 11.1. The Morgan fingerprint density at radius 3 is 2.55 bits per heavy atom. The van der Waals surface area contributed by atoms with Gasteiger partial charge in [0.1, 0.15) is 6.10 Å². The third kappa shape index (κ3) is 2.60. The molecule has 0 amide bonds. The minimum atomic E-state index is -0.227. The normalized spacial score (nSPS) is 26.1. The standard InChI is InChI=1S/C8H15NO2/c1-8(2,3)11-7-5-9-4-6(7)10/h7,9H,4-5H2,1-3H3. The highest BCUT2D eigenvalue weighted by Gasteiger charge is 2.28. The Labute approximate surface area is 67.1 Å². The molecule has 0 bridgehead atoms. The molecule has 1 N–H and O–H groups in total. The molecule has 0 aromatic heterocycles. The molecule has 1 fully saturated rings. The van der Waals surface area contributed by atoms with E-state index in [1.807, 2.05) is 20.8 Å². The number of ketones is 1. The minimum absolute atomic E-state index is 0.167. The van der Waals surface area contributed by atoms with Gasteiger partial charge in [0, 0.05) is 6.54 Å². The number of nitrogens with one attached hydrogen (secondary N) is 1. The van der Waals surface area contributed by atoms with Gasteiger partial charge in [0.05, 0.1) is 12.1 Å². The maximum Gasteiger partial charge on any atom is 0.176 e. The summed E-state index contributed by atoms with van der Waals surface area (Å²) in [4.78, 5) is 11.1. The molecule has 0 spiro atoms. The highest BCUT2D eigenvalue weighted by atomic mass is 16.5. The minimum Gasteiger partial charge on any atom is -0.363 e. The van der Waals surface area contributed by atoms with Crippen LogP contribution in [0.5, 0.6) is 0 Å². The number of hydrogen-bond acceptors (Lipinski definition) is 3. The van der Waals surface area contributed by atoms with Crippen LogP contribution in [0.25, 0.3) is 0 Å². The fourth-order valence-electron chi connectivity index (χ4n) is 1.09. The van der Waals surface area contributed by atoms with Crippen LogP contribution in [-0.4, -0.2) is 30.6 Å². The van der Waals surface area contributed by atoms with Crippen LogP contribution in [0.15, 0.2) is 0 Å². The first kappa shape index (κ1) is 8.68. The third-order valence-corrected chi connectivity index (χ3v) is 1.48. The second kappa shape index (κ2) is 2.91. The Hall–Kier alpha value is -0.410. The quantitative estimate of drug-likeness (QED) is 0.596. The topological polar surface area (TPSA) is 38.3 Å². The zero-order valence-corrected chi connectivity index (χ0v) is 7.31. The lowest BCUT2D eigenvalue weighted by Gasteiger charge is -2.23. The molecule has 11 heavy (non-hydrogen) atoms. The van der Waals surface area contributed by atoms with Crippen molar-refractivity contribution in [2.75, 3.05) is 13.1 Å². The first-order chi connectivity index (χ1) is 4.99. The van der Waals surface area contributed by atoms with E-state index in [0.29, 0.717) is 13.1 Å². The molecule has 1 heterocycles. The molecular formula is C8H15NO2. The van der Waals surface area contributed by atoms with Crippen molar-refractivity contribution in [2.24, 2.45) is 0 Å². The average Bonchev–Trinajstić information content (AvgIpc) is 2.12. The summed E-state index contributed by atoms with van der Waals surface area (Å²) in [5.74, 6) is 0.167. The summed E-state index contributed by atoms with van der Waals surface area (Å²) < 4.78 is 5.50. The molecule has 64 valence electrons. The highest BCUT2D eigenvalue weighted by molar-refractivity contribution is 5.87. The number of ether oxygens (including phenoxy) is 1. The van der Waals surface area contributed by atoms with Crippen LogP contribution in [-0.2, 0) is 9.53 Å². The molecule has 0 aromatic rings. The van der Waals surface area contributed by atoms with Gasteiger partial charge in [-0.1, -0.05) is 0 Å². The van der Waals surface area contributed by atoms with Crippen LogP contribution < -0.4 is 5.32 Å². The number of carbonyl (C=O) groups excluding carboxylic acids is 1. The molecule has 3 nitrogen and oxygen atoms in total. The highest BCUT2D eigenvalue weighted by Crippen LogP contribution is 2.12. The average molecular weight is 157 g/mol. The van der Waals surface area contributed by atoms with E-state index in [1.165, 1.54) is 0 Å². The van der Waals surface area contributed by atoms with E-state index in [-0.39, 0.29) is 17.5 Å². The number of carbonyl (C=O) groups is 1. The molecule has 1 unspecified atom stereocenters. The van der Waals surface area contributed by atoms with Crippen LogP contribution in [0.2, 0.25) is 0 Å². The zero-order chi connectivity index (χ0) is 8.48. The van der Waals surface area contributed by atoms with Crippen LogP contribution in [0, 0.1) is 0 Å². The van der Waals surface area contributed by atoms with Gasteiger partial charge in [-0.05, 0) is 20.8 Å². The van der Waals surface area contributed by atoms with Gasteiger partial charge in [0.2, 0.25) is 0 Å². The Morgan fingerprint density at radius 2 is 2.18 bits per heavy atom. The summed E-state index contributed by atoms with van der Waals surface area (Å²) in [5, 5.41) is 2.97. The van der Waals surface area contributed by atoms with Crippen LogP contribution in [0.4, 0.5) is 0 Å². The number of hydrogen-bond donors (Lipinski definition) is 1. The molecule has 1 aliphatic heterocycles. The van der Waals surface area contributed by atoms with Gasteiger partial charge in [-0.3, -0.25) is 4.79 Å². The lowest BCUT2D eigenvalue weighted by Crippen LogP contribution is -2.32. The van der Waals surface area contributed by atoms with Gasteiger partial charge in [-0.2, -0.15) is 0 Å². The predicted molar refractivity (Wildman–Crippen MR) is 42.5 cm³/mol. The molecule has 0 aromatic carbocycles. The van der Waals surface area contributed by atoms with Gasteiger partial charge < -0.3 is 10.1 Å². The smallest absolute Gasteiger partial charge is 0.176 e. The monoisotopic (exact) mass is 157 g/mol. The van der Waals surface area contributed by atoms with Crippen LogP contribution in [0.1, 0.15) is 20.8 Å². The lowest BCUT2D eigenvalue weighted by atomic mass is 10.1. The molecule has 0 aliphatic carbocycles. The van der Waals surface area contributed by atoms with Gasteiger partial charge in [0.15, 0.2) is 5.78 Å². The largest absolute Gasteiger partial charge is 0.363 e. The second-order valence-corrected chi connectivity index (χ2v) is 3.82. The molecule has 0 saturated carbocycles. The van der Waals surface area contributed by atoms with Gasteiger partial charge in [-0.25, -0.2) is 0 Å². The Kier molecular flexibility index (Phi) is 2.30. The molecule has 1 saturated heterocycles. The summed E-state index contributed by atoms with van der Waals surface area (Å²) >= 11 is 0. The third-order valence-electron chi connectivity index (χ3n) is 1.48. The predicted octanol–water partition coefficient (Wildman–Crippen LogP) is 0.342. The van der Waals surface area contributed by atoms with Crippen molar-refractivity contribution < 1.29 is 9.53 Å². The first-order valence-electron chi connectivity index (χ1n) is 3.90. The summed E-state index contributed by atoms with van der Waals surface area (Å²) in [7, 11) is 0. The van der Waals surface area contributed by atoms with E-state index in [1.54, 1.807) is 0 Å². The van der Waals surface area contributed by atoms with Crippen molar-refractivity contribution in [2.45, 2.75) is 32.5 Å². The van der Waals surface area contributed by atoms with Crippen LogP contribution >= 0.6 is 0 Å². The zero-order valence-electron chi connectivity index (χ0n) is 7.31. The number of Topliss-reactive ketones (excluding diaryl/α,β-unsaturated/α-hetero) is 1. The van der Waals surface area contributed by atoms with Crippen molar-refractivity contribution in [1.82, 2.24) is 5.32 Å². The maximum atomic E-state index is 11.1. The van der Waals surface area contributed by atoms with Gasteiger partial charge >= 0.3 is 0 Å². The lowest BCUT2D eigenvalue weighted by molar-refractivity contribution is -0.133. The van der Waals surface area contributed by atoms with Crippen molar-refractivity contribution in [3.8, 4) is 0 Å². The SMILES string of the molecule is CC(C)(C)OC1CNCC1=O. The molecule has 3 heteroatoms. The van der Waals surface area contributed by atoms with E-state index in [4.69, 9.17) is 4.74 Å². The van der Waals surface area contributed by atoms with E-state index in [2.05, 4.69) is 5.32 Å². The van der Waals surface area contributed by atoms with Crippen LogP contribution in [0.3, 0.4) is 0 Å². The van der Waals surface area contributed by atoms with Crippen molar-refractivity contribution >= 4 is 5.78 Å². The molecule has 0 radical (unpaired) electrons. The molecule has 1 aliphatic rings. The second-order valence-electron chi connectivity index (χ2n) is 3.82. The summed E-state index contributed by atoms with van der Waals surface area (Å²) in [6, 6.07) is 0. The van der Waals surface area contributed by atoms with Crippen molar-refractivity contribution in [3.05, 3.63) is 0 Å². The summed E-state index contributed by atoms with van der Waals surface area (Å²) in [6.07, 6.45) is -0.227. The Morgan fingerprint density at radius 1 is 1.55 bits per heavy atom. The van der Waals surface area contributed by atoms with Crippen molar-refractivity contribution in [3.63, 3.8) is 0 Å². The van der Waals surface area contributed by atoms with E-state index in [0.717, 1.165) is 0 Å². The fraction of sp³-hybridized carbons (Fsp3) is 0.875. The van der Waals surface area contributed by atoms with Gasteiger partial charge in [-0.15, -0.1) is 0 Å². The molecule has 1 atom stereocenters. The Bertz CT molecular complexity index is 160. The van der Waals surface area contributed by atoms with E-state index in [9.17, 15) is 4.79 Å².